The summed E-state index contributed by atoms with van der Waals surface area (Å²) in [6.45, 7) is 1.43. The minimum Gasteiger partial charge on any atom is -0.376 e. The SMILES string of the molecule is CN1C2=CCOCC2(Cc2ccccc2)c2c1ccc1ccccc21. The zero-order valence-corrected chi connectivity index (χ0v) is 14.4. The maximum absolute atomic E-state index is 6.01. The lowest BCUT2D eigenvalue weighted by atomic mass is 9.73. The molecule has 2 aliphatic heterocycles. The molecule has 0 bridgehead atoms. The van der Waals surface area contributed by atoms with E-state index in [1.54, 1.807) is 0 Å². The van der Waals surface area contributed by atoms with Crippen LogP contribution in [0.1, 0.15) is 11.1 Å². The number of hydrogen-bond acceptors (Lipinski definition) is 2. The topological polar surface area (TPSA) is 12.5 Å². The van der Waals surface area contributed by atoms with Crippen molar-refractivity contribution in [3.8, 4) is 0 Å². The Bertz CT molecular complexity index is 976. The molecule has 2 nitrogen and oxygen atoms in total. The highest BCUT2D eigenvalue weighted by Crippen LogP contribution is 2.53. The fourth-order valence-electron chi connectivity index (χ4n) is 4.65. The molecule has 2 aliphatic rings. The third-order valence-electron chi connectivity index (χ3n) is 5.69. The molecule has 5 rings (SSSR count). The van der Waals surface area contributed by atoms with Gasteiger partial charge >= 0.3 is 0 Å². The number of benzene rings is 3. The van der Waals surface area contributed by atoms with Crippen LogP contribution >= 0.6 is 0 Å². The summed E-state index contributed by atoms with van der Waals surface area (Å²) in [6, 6.07) is 24.0. The first-order valence-corrected chi connectivity index (χ1v) is 8.88. The summed E-state index contributed by atoms with van der Waals surface area (Å²) in [4.78, 5) is 2.37. The molecule has 0 amide bonds. The molecule has 1 atom stereocenters. The molecule has 0 fully saturated rings. The van der Waals surface area contributed by atoms with Crippen LogP contribution < -0.4 is 4.90 Å². The van der Waals surface area contributed by atoms with Crippen molar-refractivity contribution < 1.29 is 4.74 Å². The minimum absolute atomic E-state index is 0.107. The van der Waals surface area contributed by atoms with Crippen LogP contribution in [0.3, 0.4) is 0 Å². The Hall–Kier alpha value is -2.58. The molecule has 0 N–H and O–H groups in total. The Morgan fingerprint density at radius 2 is 1.76 bits per heavy atom. The molecule has 2 heterocycles. The minimum atomic E-state index is -0.107. The van der Waals surface area contributed by atoms with Crippen LogP contribution in [0.2, 0.25) is 0 Å². The Morgan fingerprint density at radius 3 is 2.64 bits per heavy atom. The third-order valence-corrected chi connectivity index (χ3v) is 5.69. The normalized spacial score (nSPS) is 21.8. The number of anilines is 1. The summed E-state index contributed by atoms with van der Waals surface area (Å²) in [5.74, 6) is 0. The molecule has 0 saturated carbocycles. The van der Waals surface area contributed by atoms with Crippen LogP contribution in [0, 0.1) is 0 Å². The van der Waals surface area contributed by atoms with Crippen molar-refractivity contribution in [2.75, 3.05) is 25.2 Å². The molecule has 0 saturated heterocycles. The summed E-state index contributed by atoms with van der Waals surface area (Å²) >= 11 is 0. The van der Waals surface area contributed by atoms with Crippen LogP contribution in [0.4, 0.5) is 5.69 Å². The van der Waals surface area contributed by atoms with E-state index < -0.39 is 0 Å². The number of hydrogen-bond donors (Lipinski definition) is 0. The van der Waals surface area contributed by atoms with Crippen molar-refractivity contribution in [3.05, 3.63) is 89.6 Å². The highest BCUT2D eigenvalue weighted by molar-refractivity contribution is 5.95. The van der Waals surface area contributed by atoms with Gasteiger partial charge in [-0.2, -0.15) is 0 Å². The smallest absolute Gasteiger partial charge is 0.0668 e. The van der Waals surface area contributed by atoms with Gasteiger partial charge in [-0.25, -0.2) is 0 Å². The largest absolute Gasteiger partial charge is 0.376 e. The van der Waals surface area contributed by atoms with Gasteiger partial charge in [0.2, 0.25) is 0 Å². The second-order valence-electron chi connectivity index (χ2n) is 7.09. The number of likely N-dealkylation sites (N-methyl/N-ethyl adjacent to an activating group) is 1. The number of rotatable bonds is 2. The van der Waals surface area contributed by atoms with Crippen molar-refractivity contribution in [2.24, 2.45) is 0 Å². The lowest BCUT2D eigenvalue weighted by Crippen LogP contribution is -2.39. The van der Waals surface area contributed by atoms with Gasteiger partial charge in [0.1, 0.15) is 0 Å². The molecule has 1 unspecified atom stereocenters. The van der Waals surface area contributed by atoms with E-state index in [1.165, 1.54) is 33.3 Å². The van der Waals surface area contributed by atoms with Crippen LogP contribution in [0.25, 0.3) is 10.8 Å². The van der Waals surface area contributed by atoms with Crippen molar-refractivity contribution in [2.45, 2.75) is 11.8 Å². The molecule has 2 heteroatoms. The Labute approximate surface area is 148 Å². The third kappa shape index (κ3) is 2.07. The molecule has 124 valence electrons. The van der Waals surface area contributed by atoms with E-state index in [1.807, 2.05) is 0 Å². The molecule has 25 heavy (non-hydrogen) atoms. The highest BCUT2D eigenvalue weighted by atomic mass is 16.5. The van der Waals surface area contributed by atoms with E-state index in [0.717, 1.165) is 13.0 Å². The molecule has 0 aliphatic carbocycles. The Morgan fingerprint density at radius 1 is 0.960 bits per heavy atom. The molecular weight excluding hydrogens is 306 g/mol. The monoisotopic (exact) mass is 327 g/mol. The first-order valence-electron chi connectivity index (χ1n) is 8.88. The highest BCUT2D eigenvalue weighted by Gasteiger charge is 2.48. The van der Waals surface area contributed by atoms with Gasteiger partial charge in [0.25, 0.3) is 0 Å². The van der Waals surface area contributed by atoms with Gasteiger partial charge in [-0.3, -0.25) is 0 Å². The quantitative estimate of drug-likeness (QED) is 0.677. The zero-order chi connectivity index (χ0) is 16.9. The van der Waals surface area contributed by atoms with Crippen molar-refractivity contribution in [3.63, 3.8) is 0 Å². The molecule has 0 radical (unpaired) electrons. The maximum Gasteiger partial charge on any atom is 0.0668 e. The van der Waals surface area contributed by atoms with E-state index in [-0.39, 0.29) is 5.41 Å². The van der Waals surface area contributed by atoms with Gasteiger partial charge in [0.15, 0.2) is 0 Å². The molecule has 3 aromatic rings. The average Bonchev–Trinajstić information content (AvgIpc) is 2.92. The number of ether oxygens (including phenoxy) is 1. The summed E-state index contributed by atoms with van der Waals surface area (Å²) in [6.07, 6.45) is 3.23. The number of nitrogens with zero attached hydrogens (tertiary/aromatic N) is 1. The summed E-state index contributed by atoms with van der Waals surface area (Å²) in [5.41, 5.74) is 5.36. The second kappa shape index (κ2) is 5.47. The Balaban J connectivity index is 1.80. The predicted octanol–water partition coefficient (Wildman–Crippen LogP) is 4.68. The average molecular weight is 327 g/mol. The summed E-state index contributed by atoms with van der Waals surface area (Å²) in [5, 5.41) is 2.64. The lowest BCUT2D eigenvalue weighted by Gasteiger charge is -2.36. The predicted molar refractivity (Wildman–Crippen MR) is 103 cm³/mol. The van der Waals surface area contributed by atoms with Crippen LogP contribution in [-0.2, 0) is 16.6 Å². The fourth-order valence-corrected chi connectivity index (χ4v) is 4.65. The van der Waals surface area contributed by atoms with Crippen molar-refractivity contribution in [1.29, 1.82) is 0 Å². The molecular formula is C23H21NO. The number of fused-ring (bicyclic) bond motifs is 5. The maximum atomic E-state index is 6.01. The fraction of sp³-hybridized carbons (Fsp3) is 0.217. The van der Waals surface area contributed by atoms with E-state index >= 15 is 0 Å². The van der Waals surface area contributed by atoms with Gasteiger partial charge in [0.05, 0.1) is 18.6 Å². The van der Waals surface area contributed by atoms with E-state index in [2.05, 4.69) is 84.8 Å². The van der Waals surface area contributed by atoms with E-state index in [4.69, 9.17) is 4.74 Å². The molecule has 0 spiro atoms. The van der Waals surface area contributed by atoms with E-state index in [0.29, 0.717) is 6.61 Å². The van der Waals surface area contributed by atoms with Crippen LogP contribution in [0.5, 0.6) is 0 Å². The standard InChI is InChI=1S/C23H21NO/c1-24-20-12-11-18-9-5-6-10-19(18)22(20)23(16-25-14-13-21(23)24)15-17-7-3-2-4-8-17/h2-13H,14-16H2,1H3. The van der Waals surface area contributed by atoms with Gasteiger partial charge in [-0.15, -0.1) is 0 Å². The first kappa shape index (κ1) is 14.7. The van der Waals surface area contributed by atoms with Crippen molar-refractivity contribution in [1.82, 2.24) is 0 Å². The zero-order valence-electron chi connectivity index (χ0n) is 14.4. The molecule has 0 aromatic heterocycles. The van der Waals surface area contributed by atoms with Crippen LogP contribution in [0.15, 0.2) is 78.5 Å². The second-order valence-corrected chi connectivity index (χ2v) is 7.09. The van der Waals surface area contributed by atoms with Crippen LogP contribution in [-0.4, -0.2) is 20.3 Å². The summed E-state index contributed by atoms with van der Waals surface area (Å²) in [7, 11) is 2.19. The summed E-state index contributed by atoms with van der Waals surface area (Å²) < 4.78 is 6.01. The first-order chi connectivity index (χ1) is 12.3. The Kier molecular flexibility index (Phi) is 3.22. The van der Waals surface area contributed by atoms with Gasteiger partial charge < -0.3 is 9.64 Å². The molecule has 3 aromatic carbocycles. The van der Waals surface area contributed by atoms with Gasteiger partial charge in [-0.1, -0.05) is 60.7 Å². The van der Waals surface area contributed by atoms with Gasteiger partial charge in [-0.05, 0) is 40.5 Å². The van der Waals surface area contributed by atoms with Gasteiger partial charge in [0, 0.05) is 18.4 Å². The lowest BCUT2D eigenvalue weighted by molar-refractivity contribution is 0.104. The van der Waals surface area contributed by atoms with Crippen molar-refractivity contribution >= 4 is 16.5 Å². The van der Waals surface area contributed by atoms with E-state index in [9.17, 15) is 0 Å².